The minimum Gasteiger partial charge on any atom is -0.445 e. The molecule has 1 atom stereocenters. The van der Waals surface area contributed by atoms with Gasteiger partial charge in [-0.2, -0.15) is 0 Å². The molecule has 1 aliphatic heterocycles. The number of aliphatic hydroxyl groups excluding tert-OH is 1. The van der Waals surface area contributed by atoms with Gasteiger partial charge in [-0.3, -0.25) is 0 Å². The maximum absolute atomic E-state index is 11.7. The van der Waals surface area contributed by atoms with E-state index in [9.17, 15) is 9.90 Å². The molecule has 0 saturated carbocycles. The third kappa shape index (κ3) is 4.21. The van der Waals surface area contributed by atoms with E-state index in [1.54, 1.807) is 0 Å². The van der Waals surface area contributed by atoms with Crippen molar-refractivity contribution in [3.05, 3.63) is 35.9 Å². The summed E-state index contributed by atoms with van der Waals surface area (Å²) in [6, 6.07) is 9.51. The third-order valence-electron chi connectivity index (χ3n) is 3.56. The highest BCUT2D eigenvalue weighted by atomic mass is 16.5. The van der Waals surface area contributed by atoms with E-state index in [1.807, 2.05) is 30.3 Å². The fourth-order valence-electron chi connectivity index (χ4n) is 2.26. The molecule has 1 saturated heterocycles. The van der Waals surface area contributed by atoms with Crippen LogP contribution in [0.1, 0.15) is 18.4 Å². The predicted molar refractivity (Wildman–Crippen MR) is 74.2 cm³/mol. The van der Waals surface area contributed by atoms with Gasteiger partial charge in [-0.25, -0.2) is 4.79 Å². The smallest absolute Gasteiger partial charge is 0.407 e. The van der Waals surface area contributed by atoms with E-state index in [0.29, 0.717) is 13.2 Å². The average Bonchev–Trinajstić information content (AvgIpc) is 2.53. The van der Waals surface area contributed by atoms with Crippen molar-refractivity contribution in [2.75, 3.05) is 26.4 Å². The topological polar surface area (TPSA) is 67.8 Å². The Labute approximate surface area is 118 Å². The fourth-order valence-corrected chi connectivity index (χ4v) is 2.26. The Balaban J connectivity index is 1.74. The van der Waals surface area contributed by atoms with Crippen molar-refractivity contribution < 1.29 is 19.4 Å². The van der Waals surface area contributed by atoms with Crippen LogP contribution in [0.4, 0.5) is 4.79 Å². The second kappa shape index (κ2) is 7.26. The summed E-state index contributed by atoms with van der Waals surface area (Å²) in [5.74, 6) is 0. The standard InChI is InChI=1S/C15H21NO4/c17-11-15(7-4-8-19-12-15)10-16-14(18)20-9-13-5-2-1-3-6-13/h1-3,5-6,17H,4,7-12H2,(H,16,18). The summed E-state index contributed by atoms with van der Waals surface area (Å²) in [5.41, 5.74) is 0.574. The second-order valence-corrected chi connectivity index (χ2v) is 5.23. The molecule has 1 fully saturated rings. The third-order valence-corrected chi connectivity index (χ3v) is 3.56. The maximum Gasteiger partial charge on any atom is 0.407 e. The first kappa shape index (κ1) is 14.8. The molecule has 1 aromatic rings. The van der Waals surface area contributed by atoms with Gasteiger partial charge in [-0.1, -0.05) is 30.3 Å². The quantitative estimate of drug-likeness (QED) is 0.861. The number of hydrogen-bond donors (Lipinski definition) is 2. The lowest BCUT2D eigenvalue weighted by molar-refractivity contribution is -0.0368. The first-order chi connectivity index (χ1) is 9.74. The van der Waals surface area contributed by atoms with E-state index in [4.69, 9.17) is 9.47 Å². The number of carbonyl (C=O) groups is 1. The Hall–Kier alpha value is -1.59. The molecule has 110 valence electrons. The number of hydrogen-bond acceptors (Lipinski definition) is 4. The molecule has 1 aromatic carbocycles. The Morgan fingerprint density at radius 2 is 2.20 bits per heavy atom. The molecule has 1 aliphatic rings. The highest BCUT2D eigenvalue weighted by Crippen LogP contribution is 2.27. The SMILES string of the molecule is O=C(NCC1(CO)CCCOC1)OCc1ccccc1. The summed E-state index contributed by atoms with van der Waals surface area (Å²) in [6.45, 7) is 1.82. The van der Waals surface area contributed by atoms with E-state index in [-0.39, 0.29) is 18.6 Å². The first-order valence-electron chi connectivity index (χ1n) is 6.87. The van der Waals surface area contributed by atoms with Crippen LogP contribution in [0, 0.1) is 5.41 Å². The molecule has 2 N–H and O–H groups in total. The Morgan fingerprint density at radius 3 is 2.85 bits per heavy atom. The van der Waals surface area contributed by atoms with Crippen LogP contribution in [0.25, 0.3) is 0 Å². The molecule has 1 amide bonds. The van der Waals surface area contributed by atoms with Gasteiger partial charge in [-0.05, 0) is 18.4 Å². The largest absolute Gasteiger partial charge is 0.445 e. The van der Waals surface area contributed by atoms with Gasteiger partial charge in [0.2, 0.25) is 0 Å². The summed E-state index contributed by atoms with van der Waals surface area (Å²) >= 11 is 0. The van der Waals surface area contributed by atoms with Crippen LogP contribution < -0.4 is 5.32 Å². The van der Waals surface area contributed by atoms with Crippen molar-refractivity contribution in [3.8, 4) is 0 Å². The summed E-state index contributed by atoms with van der Waals surface area (Å²) in [4.78, 5) is 11.7. The van der Waals surface area contributed by atoms with Gasteiger partial charge in [0.05, 0.1) is 13.2 Å². The van der Waals surface area contributed by atoms with Crippen molar-refractivity contribution >= 4 is 6.09 Å². The van der Waals surface area contributed by atoms with Gasteiger partial charge in [0.25, 0.3) is 0 Å². The molecule has 1 unspecified atom stereocenters. The molecule has 0 radical (unpaired) electrons. The van der Waals surface area contributed by atoms with Crippen molar-refractivity contribution in [1.82, 2.24) is 5.32 Å². The summed E-state index contributed by atoms with van der Waals surface area (Å²) < 4.78 is 10.5. The maximum atomic E-state index is 11.7. The second-order valence-electron chi connectivity index (χ2n) is 5.23. The molecular formula is C15H21NO4. The summed E-state index contributed by atoms with van der Waals surface area (Å²) in [5, 5.41) is 12.2. The van der Waals surface area contributed by atoms with Crippen LogP contribution in [0.5, 0.6) is 0 Å². The molecule has 20 heavy (non-hydrogen) atoms. The van der Waals surface area contributed by atoms with E-state index in [0.717, 1.165) is 25.0 Å². The molecule has 0 aliphatic carbocycles. The van der Waals surface area contributed by atoms with Crippen LogP contribution in [0.15, 0.2) is 30.3 Å². The minimum absolute atomic E-state index is 0.00592. The Kier molecular flexibility index (Phi) is 5.38. The van der Waals surface area contributed by atoms with Gasteiger partial charge in [-0.15, -0.1) is 0 Å². The molecule has 0 spiro atoms. The highest BCUT2D eigenvalue weighted by Gasteiger charge is 2.32. The number of nitrogens with one attached hydrogen (secondary N) is 1. The number of carbonyl (C=O) groups excluding carboxylic acids is 1. The monoisotopic (exact) mass is 279 g/mol. The lowest BCUT2D eigenvalue weighted by Gasteiger charge is -2.35. The zero-order valence-corrected chi connectivity index (χ0v) is 11.5. The van der Waals surface area contributed by atoms with Gasteiger partial charge < -0.3 is 19.9 Å². The van der Waals surface area contributed by atoms with Crippen LogP contribution in [0.3, 0.4) is 0 Å². The number of rotatable bonds is 5. The van der Waals surface area contributed by atoms with E-state index >= 15 is 0 Å². The molecule has 1 heterocycles. The minimum atomic E-state index is -0.466. The average molecular weight is 279 g/mol. The summed E-state index contributed by atoms with van der Waals surface area (Å²) in [6.07, 6.45) is 1.29. The molecule has 0 bridgehead atoms. The van der Waals surface area contributed by atoms with Crippen LogP contribution >= 0.6 is 0 Å². The van der Waals surface area contributed by atoms with E-state index in [1.165, 1.54) is 0 Å². The van der Waals surface area contributed by atoms with Gasteiger partial charge in [0, 0.05) is 18.6 Å². The zero-order chi connectivity index (χ0) is 14.3. The number of alkyl carbamates (subject to hydrolysis) is 1. The number of ether oxygens (including phenoxy) is 2. The molecule has 2 rings (SSSR count). The fraction of sp³-hybridized carbons (Fsp3) is 0.533. The normalized spacial score (nSPS) is 22.2. The highest BCUT2D eigenvalue weighted by molar-refractivity contribution is 5.67. The number of benzene rings is 1. The van der Waals surface area contributed by atoms with Crippen LogP contribution in [0.2, 0.25) is 0 Å². The van der Waals surface area contributed by atoms with Crippen molar-refractivity contribution in [2.45, 2.75) is 19.4 Å². The zero-order valence-electron chi connectivity index (χ0n) is 11.5. The lowest BCUT2D eigenvalue weighted by Crippen LogP contribution is -2.45. The first-order valence-corrected chi connectivity index (χ1v) is 6.87. The summed E-state index contributed by atoms with van der Waals surface area (Å²) in [7, 11) is 0. The molecular weight excluding hydrogens is 258 g/mol. The van der Waals surface area contributed by atoms with E-state index < -0.39 is 6.09 Å². The van der Waals surface area contributed by atoms with Crippen molar-refractivity contribution in [2.24, 2.45) is 5.41 Å². The molecule has 5 nitrogen and oxygen atoms in total. The van der Waals surface area contributed by atoms with Crippen molar-refractivity contribution in [3.63, 3.8) is 0 Å². The van der Waals surface area contributed by atoms with Crippen LogP contribution in [-0.2, 0) is 16.1 Å². The number of aliphatic hydroxyl groups is 1. The Morgan fingerprint density at radius 1 is 1.40 bits per heavy atom. The van der Waals surface area contributed by atoms with Gasteiger partial charge >= 0.3 is 6.09 Å². The van der Waals surface area contributed by atoms with Gasteiger partial charge in [0.15, 0.2) is 0 Å². The predicted octanol–water partition coefficient (Wildman–Crippen LogP) is 1.70. The van der Waals surface area contributed by atoms with Gasteiger partial charge in [0.1, 0.15) is 6.61 Å². The van der Waals surface area contributed by atoms with Crippen LogP contribution in [-0.4, -0.2) is 37.6 Å². The van der Waals surface area contributed by atoms with Crippen molar-refractivity contribution in [1.29, 1.82) is 0 Å². The molecule has 5 heteroatoms. The molecule has 0 aromatic heterocycles. The van der Waals surface area contributed by atoms with E-state index in [2.05, 4.69) is 5.32 Å². The Bertz CT molecular complexity index is 415. The lowest BCUT2D eigenvalue weighted by atomic mass is 9.83. The number of amides is 1.